The Bertz CT molecular complexity index is 820. The number of hydrogen-bond acceptors (Lipinski definition) is 6. The first-order valence-electron chi connectivity index (χ1n) is 8.16. The number of aromatic nitrogens is 2. The summed E-state index contributed by atoms with van der Waals surface area (Å²) in [7, 11) is 4.00. The molecule has 0 fully saturated rings. The molecule has 0 aliphatic heterocycles. The monoisotopic (exact) mass is 359 g/mol. The second-order valence-corrected chi connectivity index (χ2v) is 6.99. The molecule has 2 rings (SSSR count). The van der Waals surface area contributed by atoms with Gasteiger partial charge in [-0.1, -0.05) is 0 Å². The summed E-state index contributed by atoms with van der Waals surface area (Å²) in [5.74, 6) is 0. The van der Waals surface area contributed by atoms with Crippen LogP contribution in [0.25, 0.3) is 15.8 Å². The lowest BCUT2D eigenvalue weighted by atomic mass is 10.2. The zero-order valence-corrected chi connectivity index (χ0v) is 16.5. The fourth-order valence-corrected chi connectivity index (χ4v) is 3.09. The van der Waals surface area contributed by atoms with Crippen LogP contribution in [0, 0.1) is 6.92 Å². The number of thiazole rings is 1. The van der Waals surface area contributed by atoms with Gasteiger partial charge in [-0.25, -0.2) is 15.0 Å². The van der Waals surface area contributed by atoms with Crippen molar-refractivity contribution < 1.29 is 4.74 Å². The van der Waals surface area contributed by atoms with Crippen LogP contribution in [-0.4, -0.2) is 54.4 Å². The Kier molecular flexibility index (Phi) is 6.78. The van der Waals surface area contributed by atoms with Gasteiger partial charge < -0.3 is 9.64 Å². The first-order valence-corrected chi connectivity index (χ1v) is 8.98. The van der Waals surface area contributed by atoms with Crippen LogP contribution in [0.2, 0.25) is 0 Å². The summed E-state index contributed by atoms with van der Waals surface area (Å²) < 4.78 is 6.81. The van der Waals surface area contributed by atoms with E-state index in [9.17, 15) is 0 Å². The molecule has 134 valence electrons. The van der Waals surface area contributed by atoms with Crippen LogP contribution in [0.3, 0.4) is 0 Å². The van der Waals surface area contributed by atoms with E-state index in [1.807, 2.05) is 48.0 Å². The highest BCUT2D eigenvalue weighted by atomic mass is 32.1. The molecule has 25 heavy (non-hydrogen) atoms. The van der Waals surface area contributed by atoms with Gasteiger partial charge in [0, 0.05) is 29.7 Å². The number of fused-ring (bicyclic) bond motifs is 1. The van der Waals surface area contributed by atoms with Gasteiger partial charge in [0.1, 0.15) is 17.1 Å². The van der Waals surface area contributed by atoms with E-state index in [1.54, 1.807) is 17.6 Å². The minimum atomic E-state index is 0.375. The molecule has 0 bridgehead atoms. The molecule has 0 aromatic carbocycles. The number of amidine groups is 1. The molecular weight excluding hydrogens is 334 g/mol. The molecule has 6 nitrogen and oxygen atoms in total. The number of aryl methyl sites for hydroxylation is 1. The van der Waals surface area contributed by atoms with E-state index < -0.39 is 0 Å². The predicted octanol–water partition coefficient (Wildman–Crippen LogP) is 3.78. The van der Waals surface area contributed by atoms with Crippen LogP contribution in [0.15, 0.2) is 27.9 Å². The Labute approximate surface area is 153 Å². The summed E-state index contributed by atoms with van der Waals surface area (Å²) in [5, 5.41) is 0.941. The topological polar surface area (TPSA) is 63.0 Å². The van der Waals surface area contributed by atoms with Crippen LogP contribution in [0.5, 0.6) is 0 Å². The van der Waals surface area contributed by atoms with Gasteiger partial charge in [0.25, 0.3) is 0 Å². The number of nitrogens with zero attached hydrogens (tertiary/aromatic N) is 5. The van der Waals surface area contributed by atoms with Crippen molar-refractivity contribution >= 4 is 39.4 Å². The maximum Gasteiger partial charge on any atom is 0.316 e. The molecule has 7 heteroatoms. The molecule has 0 amide bonds. The lowest BCUT2D eigenvalue weighted by molar-refractivity contribution is 0.248. The second kappa shape index (κ2) is 8.82. The van der Waals surface area contributed by atoms with E-state index in [4.69, 9.17) is 4.74 Å². The Morgan fingerprint density at radius 3 is 2.80 bits per heavy atom. The summed E-state index contributed by atoms with van der Waals surface area (Å²) in [4.78, 5) is 19.8. The summed E-state index contributed by atoms with van der Waals surface area (Å²) in [6.45, 7) is 9.15. The molecule has 0 atom stereocenters. The summed E-state index contributed by atoms with van der Waals surface area (Å²) in [5.41, 5.74) is 3.76. The first kappa shape index (κ1) is 19.2. The van der Waals surface area contributed by atoms with Gasteiger partial charge in [-0.2, -0.15) is 0 Å². The van der Waals surface area contributed by atoms with Crippen molar-refractivity contribution in [2.75, 3.05) is 27.2 Å². The molecule has 0 radical (unpaired) electrons. The minimum Gasteiger partial charge on any atom is -0.462 e. The van der Waals surface area contributed by atoms with Crippen LogP contribution in [0.4, 0.5) is 0 Å². The van der Waals surface area contributed by atoms with Gasteiger partial charge in [0.2, 0.25) is 0 Å². The van der Waals surface area contributed by atoms with E-state index >= 15 is 0 Å². The molecule has 0 aliphatic carbocycles. The number of aliphatic imine (C=N–C) groups is 2. The molecule has 0 unspecified atom stereocenters. The number of rotatable bonds is 5. The standard InChI is InChI=1S/C18H25N5OS/c1-7-19-18(24-9-8-23(5)6)21-14(4)13(3)17-22-15-11-20-12(2)10-16(15)25-17/h7,10-11H,8-9H2,1-6H3/b14-13+,19-7?,21-18?. The van der Waals surface area contributed by atoms with Gasteiger partial charge in [0.05, 0.1) is 10.9 Å². The van der Waals surface area contributed by atoms with Crippen molar-refractivity contribution in [2.24, 2.45) is 9.98 Å². The molecule has 0 N–H and O–H groups in total. The van der Waals surface area contributed by atoms with E-state index in [2.05, 4.69) is 30.9 Å². The Morgan fingerprint density at radius 1 is 1.36 bits per heavy atom. The van der Waals surface area contributed by atoms with Gasteiger partial charge in [0.15, 0.2) is 0 Å². The minimum absolute atomic E-state index is 0.375. The maximum atomic E-state index is 5.67. The zero-order chi connectivity index (χ0) is 18.4. The summed E-state index contributed by atoms with van der Waals surface area (Å²) in [6.07, 6.45) is 3.50. The van der Waals surface area contributed by atoms with Crippen LogP contribution in [0.1, 0.15) is 31.5 Å². The van der Waals surface area contributed by atoms with Gasteiger partial charge in [-0.15, -0.1) is 11.3 Å². The number of ether oxygens (including phenoxy) is 1. The number of hydrogen-bond donors (Lipinski definition) is 0. The third-order valence-corrected chi connectivity index (χ3v) is 4.69. The van der Waals surface area contributed by atoms with Gasteiger partial charge >= 0.3 is 6.02 Å². The predicted molar refractivity (Wildman–Crippen MR) is 107 cm³/mol. The molecule has 0 saturated heterocycles. The highest BCUT2D eigenvalue weighted by Gasteiger charge is 2.09. The molecule has 0 aliphatic rings. The molecule has 0 saturated carbocycles. The van der Waals surface area contributed by atoms with E-state index in [-0.39, 0.29) is 0 Å². The Hall–Kier alpha value is -2.12. The van der Waals surface area contributed by atoms with Gasteiger partial charge in [-0.05, 0) is 47.9 Å². The summed E-state index contributed by atoms with van der Waals surface area (Å²) in [6, 6.07) is 2.43. The maximum absolute atomic E-state index is 5.67. The Balaban J connectivity index is 2.26. The Morgan fingerprint density at radius 2 is 2.12 bits per heavy atom. The van der Waals surface area contributed by atoms with Crippen molar-refractivity contribution in [3.8, 4) is 0 Å². The third kappa shape index (κ3) is 5.44. The number of pyridine rings is 1. The van der Waals surface area contributed by atoms with Crippen LogP contribution < -0.4 is 0 Å². The van der Waals surface area contributed by atoms with Crippen molar-refractivity contribution in [1.82, 2.24) is 14.9 Å². The fourth-order valence-electron chi connectivity index (χ4n) is 2.00. The summed E-state index contributed by atoms with van der Waals surface area (Å²) >= 11 is 1.65. The quantitative estimate of drug-likeness (QED) is 0.602. The SMILES string of the molecule is CC=NC(=N/C(C)=C(\C)c1nc2cnc(C)cc2s1)OCCN(C)C. The van der Waals surface area contributed by atoms with E-state index in [1.165, 1.54) is 0 Å². The average molecular weight is 359 g/mol. The molecule has 2 heterocycles. The molecule has 0 spiro atoms. The van der Waals surface area contributed by atoms with Gasteiger partial charge in [-0.3, -0.25) is 4.98 Å². The third-order valence-electron chi connectivity index (χ3n) is 3.55. The normalized spacial score (nSPS) is 13.8. The zero-order valence-electron chi connectivity index (χ0n) is 15.7. The second-order valence-electron chi connectivity index (χ2n) is 5.96. The van der Waals surface area contributed by atoms with Crippen molar-refractivity contribution in [2.45, 2.75) is 27.7 Å². The molecule has 2 aromatic rings. The van der Waals surface area contributed by atoms with Crippen molar-refractivity contribution in [1.29, 1.82) is 0 Å². The van der Waals surface area contributed by atoms with Crippen molar-refractivity contribution in [3.05, 3.63) is 28.7 Å². The molecule has 2 aromatic heterocycles. The van der Waals surface area contributed by atoms with Crippen LogP contribution in [-0.2, 0) is 4.74 Å². The van der Waals surface area contributed by atoms with E-state index in [0.29, 0.717) is 12.6 Å². The van der Waals surface area contributed by atoms with Crippen LogP contribution >= 0.6 is 11.3 Å². The van der Waals surface area contributed by atoms with E-state index in [0.717, 1.165) is 38.7 Å². The highest BCUT2D eigenvalue weighted by Crippen LogP contribution is 2.29. The van der Waals surface area contributed by atoms with Crippen molar-refractivity contribution in [3.63, 3.8) is 0 Å². The lowest BCUT2D eigenvalue weighted by Gasteiger charge is -2.10. The highest BCUT2D eigenvalue weighted by molar-refractivity contribution is 7.19. The largest absolute Gasteiger partial charge is 0.462 e. The number of allylic oxidation sites excluding steroid dienone is 2. The smallest absolute Gasteiger partial charge is 0.316 e. The first-order chi connectivity index (χ1) is 11.9. The fraction of sp³-hybridized carbons (Fsp3) is 0.444. The average Bonchev–Trinajstić information content (AvgIpc) is 2.96. The lowest BCUT2D eigenvalue weighted by Crippen LogP contribution is -2.19. The number of likely N-dealkylation sites (N-methyl/N-ethyl adjacent to an activating group) is 1. The molecular formula is C18H25N5OS.